The Morgan fingerprint density at radius 2 is 2.25 bits per heavy atom. The highest BCUT2D eigenvalue weighted by molar-refractivity contribution is 5.08. The van der Waals surface area contributed by atoms with E-state index in [4.69, 9.17) is 25.4 Å². The van der Waals surface area contributed by atoms with E-state index < -0.39 is 18.2 Å². The van der Waals surface area contributed by atoms with E-state index in [2.05, 4.69) is 12.5 Å². The van der Waals surface area contributed by atoms with Crippen LogP contribution in [-0.4, -0.2) is 37.0 Å². The van der Waals surface area contributed by atoms with Gasteiger partial charge in [0.05, 0.1) is 6.61 Å². The second-order valence-electron chi connectivity index (χ2n) is 4.28. The molecule has 0 unspecified atom stereocenters. The van der Waals surface area contributed by atoms with Crippen LogP contribution in [0.4, 0.5) is 0 Å². The molecule has 0 spiro atoms. The van der Waals surface area contributed by atoms with Gasteiger partial charge in [-0.2, -0.15) is 0 Å². The minimum absolute atomic E-state index is 0.268. The number of fused-ring (bicyclic) bond motifs is 1. The number of hydrogen-bond donors (Lipinski definition) is 0. The standard InChI is InChI=1S/C12H16O4/c1-5-7-13-9-8(6-2)14-11-10(9)15-12(3,4)16-11/h2,5,8-11H,1,7H2,3-4H3/t8-,9+,10-,11-/m1/s1. The number of ether oxygens (including phenoxy) is 4. The summed E-state index contributed by atoms with van der Waals surface area (Å²) in [6, 6.07) is 0. The predicted molar refractivity (Wildman–Crippen MR) is 57.5 cm³/mol. The van der Waals surface area contributed by atoms with Gasteiger partial charge in [-0.1, -0.05) is 12.0 Å². The number of terminal acetylenes is 1. The second-order valence-corrected chi connectivity index (χ2v) is 4.28. The fourth-order valence-corrected chi connectivity index (χ4v) is 1.97. The van der Waals surface area contributed by atoms with E-state index in [0.29, 0.717) is 6.61 Å². The molecular weight excluding hydrogens is 208 g/mol. The van der Waals surface area contributed by atoms with Crippen LogP contribution in [0.1, 0.15) is 13.8 Å². The lowest BCUT2D eigenvalue weighted by atomic mass is 10.1. The molecule has 0 aromatic heterocycles. The first-order chi connectivity index (χ1) is 7.57. The van der Waals surface area contributed by atoms with Gasteiger partial charge < -0.3 is 18.9 Å². The maximum atomic E-state index is 5.71. The molecule has 0 radical (unpaired) electrons. The van der Waals surface area contributed by atoms with Crippen molar-refractivity contribution in [2.45, 2.75) is 44.2 Å². The summed E-state index contributed by atoms with van der Waals surface area (Å²) in [5, 5.41) is 0. The highest BCUT2D eigenvalue weighted by Gasteiger charge is 2.54. The average molecular weight is 224 g/mol. The molecule has 2 fully saturated rings. The van der Waals surface area contributed by atoms with Crippen molar-refractivity contribution in [1.82, 2.24) is 0 Å². The zero-order chi connectivity index (χ0) is 11.8. The van der Waals surface area contributed by atoms with Crippen LogP contribution in [0.15, 0.2) is 12.7 Å². The van der Waals surface area contributed by atoms with Crippen molar-refractivity contribution in [3.63, 3.8) is 0 Å². The van der Waals surface area contributed by atoms with Crippen molar-refractivity contribution >= 4 is 0 Å². The van der Waals surface area contributed by atoms with Crippen molar-refractivity contribution in [2.24, 2.45) is 0 Å². The van der Waals surface area contributed by atoms with Gasteiger partial charge in [0, 0.05) is 0 Å². The largest absolute Gasteiger partial charge is 0.367 e. The average Bonchev–Trinajstić information content (AvgIpc) is 2.67. The summed E-state index contributed by atoms with van der Waals surface area (Å²) < 4.78 is 22.4. The molecule has 88 valence electrons. The first-order valence-electron chi connectivity index (χ1n) is 5.27. The molecule has 0 bridgehead atoms. The summed E-state index contributed by atoms with van der Waals surface area (Å²) >= 11 is 0. The highest BCUT2D eigenvalue weighted by atomic mass is 16.8. The van der Waals surface area contributed by atoms with E-state index in [1.165, 1.54) is 0 Å². The van der Waals surface area contributed by atoms with Crippen LogP contribution in [0.5, 0.6) is 0 Å². The molecule has 4 nitrogen and oxygen atoms in total. The number of hydrogen-bond acceptors (Lipinski definition) is 4. The third-order valence-corrected chi connectivity index (χ3v) is 2.56. The van der Waals surface area contributed by atoms with Crippen LogP contribution in [0.25, 0.3) is 0 Å². The van der Waals surface area contributed by atoms with Gasteiger partial charge in [-0.3, -0.25) is 0 Å². The quantitative estimate of drug-likeness (QED) is 0.531. The highest BCUT2D eigenvalue weighted by Crippen LogP contribution is 2.38. The van der Waals surface area contributed by atoms with E-state index in [9.17, 15) is 0 Å². The lowest BCUT2D eigenvalue weighted by molar-refractivity contribution is -0.210. The van der Waals surface area contributed by atoms with Crippen LogP contribution in [0, 0.1) is 12.3 Å². The normalized spacial score (nSPS) is 40.3. The minimum Gasteiger partial charge on any atom is -0.367 e. The minimum atomic E-state index is -0.648. The molecule has 0 aromatic carbocycles. The van der Waals surface area contributed by atoms with E-state index in [1.807, 2.05) is 13.8 Å². The van der Waals surface area contributed by atoms with E-state index >= 15 is 0 Å². The third-order valence-electron chi connectivity index (χ3n) is 2.56. The lowest BCUT2D eigenvalue weighted by Gasteiger charge is -2.23. The molecule has 2 aliphatic heterocycles. The second kappa shape index (κ2) is 4.19. The van der Waals surface area contributed by atoms with Crippen molar-refractivity contribution in [3.8, 4) is 12.3 Å². The molecule has 0 amide bonds. The molecule has 0 saturated carbocycles. The molecule has 0 aliphatic carbocycles. The molecule has 2 heterocycles. The molecular formula is C12H16O4. The lowest BCUT2D eigenvalue weighted by Crippen LogP contribution is -2.36. The van der Waals surface area contributed by atoms with Gasteiger partial charge in [-0.15, -0.1) is 13.0 Å². The van der Waals surface area contributed by atoms with E-state index in [-0.39, 0.29) is 12.2 Å². The van der Waals surface area contributed by atoms with Gasteiger partial charge >= 0.3 is 0 Å². The van der Waals surface area contributed by atoms with Crippen molar-refractivity contribution < 1.29 is 18.9 Å². The van der Waals surface area contributed by atoms with Crippen LogP contribution in [0.3, 0.4) is 0 Å². The maximum Gasteiger partial charge on any atom is 0.191 e. The Balaban J connectivity index is 2.08. The molecule has 2 rings (SSSR count). The first kappa shape index (κ1) is 11.6. The van der Waals surface area contributed by atoms with Crippen LogP contribution >= 0.6 is 0 Å². The predicted octanol–water partition coefficient (Wildman–Crippen LogP) is 1.07. The smallest absolute Gasteiger partial charge is 0.191 e. The third kappa shape index (κ3) is 2.00. The zero-order valence-electron chi connectivity index (χ0n) is 9.51. The summed E-state index contributed by atoms with van der Waals surface area (Å²) in [7, 11) is 0. The first-order valence-corrected chi connectivity index (χ1v) is 5.27. The molecule has 16 heavy (non-hydrogen) atoms. The summed E-state index contributed by atoms with van der Waals surface area (Å²) in [5.41, 5.74) is 0. The molecule has 4 atom stereocenters. The van der Waals surface area contributed by atoms with Gasteiger partial charge in [0.1, 0.15) is 18.3 Å². The van der Waals surface area contributed by atoms with Gasteiger partial charge in [-0.05, 0) is 13.8 Å². The molecule has 4 heteroatoms. The fourth-order valence-electron chi connectivity index (χ4n) is 1.97. The van der Waals surface area contributed by atoms with Crippen molar-refractivity contribution in [1.29, 1.82) is 0 Å². The van der Waals surface area contributed by atoms with Crippen molar-refractivity contribution in [2.75, 3.05) is 6.61 Å². The van der Waals surface area contributed by atoms with Gasteiger partial charge in [0.15, 0.2) is 12.1 Å². The van der Waals surface area contributed by atoms with Gasteiger partial charge in [0.25, 0.3) is 0 Å². The Kier molecular flexibility index (Phi) is 3.04. The van der Waals surface area contributed by atoms with Crippen LogP contribution in [0.2, 0.25) is 0 Å². The SMILES string of the molecule is C#C[C@H]1O[C@@H]2OC(C)(C)O[C@@H]2[C@H]1OCC=C. The van der Waals surface area contributed by atoms with Crippen LogP contribution < -0.4 is 0 Å². The van der Waals surface area contributed by atoms with E-state index in [1.54, 1.807) is 6.08 Å². The topological polar surface area (TPSA) is 36.9 Å². The molecule has 0 aromatic rings. The van der Waals surface area contributed by atoms with Crippen molar-refractivity contribution in [3.05, 3.63) is 12.7 Å². The Labute approximate surface area is 95.5 Å². The Bertz CT molecular complexity index is 317. The number of rotatable bonds is 3. The monoisotopic (exact) mass is 224 g/mol. The zero-order valence-corrected chi connectivity index (χ0v) is 9.51. The maximum absolute atomic E-state index is 5.71. The fraction of sp³-hybridized carbons (Fsp3) is 0.667. The summed E-state index contributed by atoms with van der Waals surface area (Å²) in [6.45, 7) is 7.69. The van der Waals surface area contributed by atoms with Crippen LogP contribution in [-0.2, 0) is 18.9 Å². The summed E-state index contributed by atoms with van der Waals surface area (Å²) in [6.07, 6.45) is 5.62. The summed E-state index contributed by atoms with van der Waals surface area (Å²) in [5.74, 6) is 1.89. The Morgan fingerprint density at radius 1 is 1.50 bits per heavy atom. The Morgan fingerprint density at radius 3 is 2.88 bits per heavy atom. The Hall–Kier alpha value is -0.860. The van der Waals surface area contributed by atoms with Gasteiger partial charge in [-0.25, -0.2) is 0 Å². The molecule has 2 saturated heterocycles. The molecule has 0 N–H and O–H groups in total. The van der Waals surface area contributed by atoms with E-state index in [0.717, 1.165) is 0 Å². The molecule has 2 aliphatic rings. The summed E-state index contributed by atoms with van der Waals surface area (Å²) in [4.78, 5) is 0. The van der Waals surface area contributed by atoms with Gasteiger partial charge in [0.2, 0.25) is 0 Å².